The second-order valence-corrected chi connectivity index (χ2v) is 5.40. The van der Waals surface area contributed by atoms with Gasteiger partial charge < -0.3 is 9.84 Å². The van der Waals surface area contributed by atoms with Crippen molar-refractivity contribution in [2.24, 2.45) is 5.92 Å². The fourth-order valence-corrected chi connectivity index (χ4v) is 2.70. The SMILES string of the molecule is CCOC(=O)C1CCCN(Cc2cc([N+](=O)[O-])ccc2O)C1. The summed E-state index contributed by atoms with van der Waals surface area (Å²) in [7, 11) is 0. The van der Waals surface area contributed by atoms with Crippen molar-refractivity contribution in [3.63, 3.8) is 0 Å². The Morgan fingerprint density at radius 1 is 1.55 bits per heavy atom. The summed E-state index contributed by atoms with van der Waals surface area (Å²) in [4.78, 5) is 24.2. The molecule has 0 saturated carbocycles. The maximum Gasteiger partial charge on any atom is 0.310 e. The first-order chi connectivity index (χ1) is 10.5. The van der Waals surface area contributed by atoms with Crippen LogP contribution in [0.5, 0.6) is 5.75 Å². The van der Waals surface area contributed by atoms with Gasteiger partial charge in [-0.05, 0) is 32.4 Å². The number of phenolic OH excluding ortho intramolecular Hbond substituents is 1. The number of hydrogen-bond donors (Lipinski definition) is 1. The van der Waals surface area contributed by atoms with Gasteiger partial charge in [0.15, 0.2) is 0 Å². The number of piperidine rings is 1. The van der Waals surface area contributed by atoms with Gasteiger partial charge in [0, 0.05) is 30.8 Å². The van der Waals surface area contributed by atoms with Gasteiger partial charge in [0.25, 0.3) is 5.69 Å². The lowest BCUT2D eigenvalue weighted by Crippen LogP contribution is -2.38. The number of phenols is 1. The molecule has 22 heavy (non-hydrogen) atoms. The van der Waals surface area contributed by atoms with Gasteiger partial charge in [0.05, 0.1) is 17.4 Å². The second kappa shape index (κ2) is 7.22. The van der Waals surface area contributed by atoms with Crippen LogP contribution in [0.4, 0.5) is 5.69 Å². The Hall–Kier alpha value is -2.15. The number of ether oxygens (including phenoxy) is 1. The molecule has 0 amide bonds. The largest absolute Gasteiger partial charge is 0.508 e. The summed E-state index contributed by atoms with van der Waals surface area (Å²) in [6.07, 6.45) is 1.65. The molecule has 7 heteroatoms. The van der Waals surface area contributed by atoms with Gasteiger partial charge in [-0.1, -0.05) is 0 Å². The van der Waals surface area contributed by atoms with E-state index in [2.05, 4.69) is 0 Å². The van der Waals surface area contributed by atoms with Crippen molar-refractivity contribution in [1.29, 1.82) is 0 Å². The molecule has 1 atom stereocenters. The first-order valence-corrected chi connectivity index (χ1v) is 7.36. The minimum atomic E-state index is -0.486. The number of nitro benzene ring substituents is 1. The molecule has 1 aliphatic heterocycles. The number of aromatic hydroxyl groups is 1. The van der Waals surface area contributed by atoms with E-state index in [9.17, 15) is 20.0 Å². The van der Waals surface area contributed by atoms with E-state index in [0.717, 1.165) is 19.4 Å². The van der Waals surface area contributed by atoms with Crippen LogP contribution in [0.2, 0.25) is 0 Å². The molecule has 0 spiro atoms. The molecule has 0 aromatic heterocycles. The topological polar surface area (TPSA) is 92.9 Å². The molecule has 0 radical (unpaired) electrons. The van der Waals surface area contributed by atoms with E-state index in [1.54, 1.807) is 6.92 Å². The molecule has 1 N–H and O–H groups in total. The normalized spacial score (nSPS) is 18.9. The van der Waals surface area contributed by atoms with Crippen LogP contribution in [0.3, 0.4) is 0 Å². The molecule has 7 nitrogen and oxygen atoms in total. The Bertz CT molecular complexity index is 561. The number of nitrogens with zero attached hydrogens (tertiary/aromatic N) is 2. The van der Waals surface area contributed by atoms with E-state index in [-0.39, 0.29) is 23.3 Å². The third-order valence-corrected chi connectivity index (χ3v) is 3.79. The van der Waals surface area contributed by atoms with Gasteiger partial charge >= 0.3 is 5.97 Å². The fourth-order valence-electron chi connectivity index (χ4n) is 2.70. The maximum atomic E-state index is 11.8. The van der Waals surface area contributed by atoms with Crippen molar-refractivity contribution in [2.75, 3.05) is 19.7 Å². The smallest absolute Gasteiger partial charge is 0.310 e. The van der Waals surface area contributed by atoms with E-state index >= 15 is 0 Å². The summed E-state index contributed by atoms with van der Waals surface area (Å²) in [5.74, 6) is -0.339. The fraction of sp³-hybridized carbons (Fsp3) is 0.533. The van der Waals surface area contributed by atoms with Crippen LogP contribution in [-0.4, -0.2) is 40.6 Å². The molecule has 0 aliphatic carbocycles. The van der Waals surface area contributed by atoms with Crippen molar-refractivity contribution >= 4 is 11.7 Å². The zero-order chi connectivity index (χ0) is 16.1. The van der Waals surface area contributed by atoms with Gasteiger partial charge in [0.2, 0.25) is 0 Å². The van der Waals surface area contributed by atoms with Gasteiger partial charge in [0.1, 0.15) is 5.75 Å². The molecule has 120 valence electrons. The van der Waals surface area contributed by atoms with Gasteiger partial charge in [-0.15, -0.1) is 0 Å². The summed E-state index contributed by atoms with van der Waals surface area (Å²) in [5, 5.41) is 20.7. The van der Waals surface area contributed by atoms with Crippen molar-refractivity contribution in [3.8, 4) is 5.75 Å². The Balaban J connectivity index is 2.05. The maximum absolute atomic E-state index is 11.8. The Morgan fingerprint density at radius 2 is 2.32 bits per heavy atom. The van der Waals surface area contributed by atoms with Crippen LogP contribution in [0, 0.1) is 16.0 Å². The molecular formula is C15H20N2O5. The van der Waals surface area contributed by atoms with Gasteiger partial charge in [-0.3, -0.25) is 19.8 Å². The van der Waals surface area contributed by atoms with Crippen LogP contribution < -0.4 is 0 Å². The highest BCUT2D eigenvalue weighted by Gasteiger charge is 2.27. The first kappa shape index (κ1) is 16.2. The van der Waals surface area contributed by atoms with Gasteiger partial charge in [-0.25, -0.2) is 0 Å². The second-order valence-electron chi connectivity index (χ2n) is 5.40. The number of hydrogen-bond acceptors (Lipinski definition) is 6. The zero-order valence-electron chi connectivity index (χ0n) is 12.5. The third kappa shape index (κ3) is 3.94. The van der Waals surface area contributed by atoms with E-state index in [1.165, 1.54) is 18.2 Å². The first-order valence-electron chi connectivity index (χ1n) is 7.36. The van der Waals surface area contributed by atoms with Crippen LogP contribution in [-0.2, 0) is 16.1 Å². The van der Waals surface area contributed by atoms with Crippen molar-refractivity contribution in [3.05, 3.63) is 33.9 Å². The zero-order valence-corrected chi connectivity index (χ0v) is 12.5. The lowest BCUT2D eigenvalue weighted by Gasteiger charge is -2.31. The molecule has 0 bridgehead atoms. The van der Waals surface area contributed by atoms with E-state index < -0.39 is 4.92 Å². The number of likely N-dealkylation sites (tertiary alicyclic amines) is 1. The number of benzene rings is 1. The Labute approximate surface area is 128 Å². The summed E-state index contributed by atoms with van der Waals surface area (Å²) >= 11 is 0. The molecule has 1 unspecified atom stereocenters. The number of carbonyl (C=O) groups is 1. The van der Waals surface area contributed by atoms with Crippen molar-refractivity contribution < 1.29 is 19.6 Å². The molecule has 1 aromatic carbocycles. The Morgan fingerprint density at radius 3 is 3.00 bits per heavy atom. The van der Waals surface area contributed by atoms with Crippen LogP contribution in [0.1, 0.15) is 25.3 Å². The van der Waals surface area contributed by atoms with Crippen molar-refractivity contribution in [1.82, 2.24) is 4.90 Å². The predicted octanol–water partition coefficient (Wildman–Crippen LogP) is 2.08. The average Bonchev–Trinajstić information content (AvgIpc) is 2.50. The lowest BCUT2D eigenvalue weighted by atomic mass is 9.97. The summed E-state index contributed by atoms with van der Waals surface area (Å²) in [5.41, 5.74) is 0.450. The molecule has 1 heterocycles. The minimum absolute atomic E-state index is 0.0314. The third-order valence-electron chi connectivity index (χ3n) is 3.79. The molecule has 1 aliphatic rings. The molecule has 1 fully saturated rings. The lowest BCUT2D eigenvalue weighted by molar-refractivity contribution is -0.385. The monoisotopic (exact) mass is 308 g/mol. The number of esters is 1. The predicted molar refractivity (Wildman–Crippen MR) is 79.4 cm³/mol. The molecule has 1 saturated heterocycles. The highest BCUT2D eigenvalue weighted by molar-refractivity contribution is 5.72. The highest BCUT2D eigenvalue weighted by atomic mass is 16.6. The quantitative estimate of drug-likeness (QED) is 0.508. The molecular weight excluding hydrogens is 288 g/mol. The molecule has 2 rings (SSSR count). The minimum Gasteiger partial charge on any atom is -0.508 e. The molecule has 1 aromatic rings. The highest BCUT2D eigenvalue weighted by Crippen LogP contribution is 2.26. The standard InChI is InChI=1S/C15H20N2O5/c1-2-22-15(19)11-4-3-7-16(9-11)10-12-8-13(17(20)21)5-6-14(12)18/h5-6,8,11,18H,2-4,7,9-10H2,1H3. The number of rotatable bonds is 5. The van der Waals surface area contributed by atoms with E-state index in [1.807, 2.05) is 4.90 Å². The number of non-ortho nitro benzene ring substituents is 1. The number of carbonyl (C=O) groups excluding carboxylic acids is 1. The average molecular weight is 308 g/mol. The summed E-state index contributed by atoms with van der Waals surface area (Å²) in [6.45, 7) is 3.85. The van der Waals surface area contributed by atoms with Crippen molar-refractivity contribution in [2.45, 2.75) is 26.3 Å². The summed E-state index contributed by atoms with van der Waals surface area (Å²) in [6, 6.07) is 3.99. The van der Waals surface area contributed by atoms with E-state index in [4.69, 9.17) is 4.74 Å². The van der Waals surface area contributed by atoms with Crippen LogP contribution in [0.15, 0.2) is 18.2 Å². The van der Waals surface area contributed by atoms with Crippen LogP contribution in [0.25, 0.3) is 0 Å². The van der Waals surface area contributed by atoms with Crippen LogP contribution >= 0.6 is 0 Å². The summed E-state index contributed by atoms with van der Waals surface area (Å²) < 4.78 is 5.05. The van der Waals surface area contributed by atoms with E-state index in [0.29, 0.717) is 25.3 Å². The van der Waals surface area contributed by atoms with Gasteiger partial charge in [-0.2, -0.15) is 0 Å². The Kier molecular flexibility index (Phi) is 5.32. The number of nitro groups is 1.